The van der Waals surface area contributed by atoms with Crippen LogP contribution in [-0.2, 0) is 14.2 Å². The Morgan fingerprint density at radius 2 is 2.00 bits per heavy atom. The molecule has 0 unspecified atom stereocenters. The van der Waals surface area contributed by atoms with Gasteiger partial charge in [0.2, 0.25) is 0 Å². The second-order valence-electron chi connectivity index (χ2n) is 8.56. The van der Waals surface area contributed by atoms with E-state index in [2.05, 4.69) is 31.8 Å². The van der Waals surface area contributed by atoms with E-state index in [4.69, 9.17) is 14.2 Å². The molecule has 9 nitrogen and oxygen atoms in total. The van der Waals surface area contributed by atoms with E-state index in [1.807, 2.05) is 13.0 Å². The molecule has 1 aliphatic rings. The summed E-state index contributed by atoms with van der Waals surface area (Å²) in [5.74, 6) is 5.27. The van der Waals surface area contributed by atoms with Crippen molar-refractivity contribution in [3.8, 4) is 23.1 Å². The first-order valence-corrected chi connectivity index (χ1v) is 11.6. The molecule has 5 rings (SSSR count). The van der Waals surface area contributed by atoms with E-state index in [0.717, 1.165) is 16.7 Å². The highest BCUT2D eigenvalue weighted by atomic mass is 19.1. The molecule has 1 aromatic carbocycles. The number of aromatic nitrogens is 5. The van der Waals surface area contributed by atoms with Crippen LogP contribution in [0, 0.1) is 18.8 Å². The number of esters is 1. The molecule has 37 heavy (non-hydrogen) atoms. The Morgan fingerprint density at radius 1 is 1.19 bits per heavy atom. The van der Waals surface area contributed by atoms with Gasteiger partial charge in [-0.1, -0.05) is 23.6 Å². The molecule has 4 heterocycles. The maximum Gasteiger partial charge on any atom is 0.338 e. The van der Waals surface area contributed by atoms with Crippen molar-refractivity contribution in [2.45, 2.75) is 38.5 Å². The zero-order chi connectivity index (χ0) is 25.9. The van der Waals surface area contributed by atoms with Crippen LogP contribution in [-0.4, -0.2) is 62.6 Å². The van der Waals surface area contributed by atoms with E-state index in [1.165, 1.54) is 19.8 Å². The number of carbonyl (C=O) groups excluding carboxylic acids is 1. The van der Waals surface area contributed by atoms with Gasteiger partial charge in [0.1, 0.15) is 36.4 Å². The number of benzene rings is 1. The maximum atomic E-state index is 15.3. The molecule has 1 fully saturated rings. The number of hydrogen-bond acceptors (Lipinski definition) is 8. The number of carbonyl (C=O) groups is 1. The summed E-state index contributed by atoms with van der Waals surface area (Å²) in [6.45, 7) is 3.40. The van der Waals surface area contributed by atoms with Gasteiger partial charge in [-0.3, -0.25) is 9.55 Å². The van der Waals surface area contributed by atoms with E-state index in [-0.39, 0.29) is 6.61 Å². The van der Waals surface area contributed by atoms with Crippen molar-refractivity contribution in [3.63, 3.8) is 0 Å². The van der Waals surface area contributed by atoms with Gasteiger partial charge >= 0.3 is 5.97 Å². The molecule has 10 heteroatoms. The molecule has 0 N–H and O–H groups in total. The molecule has 4 atom stereocenters. The number of halogens is 1. The summed E-state index contributed by atoms with van der Waals surface area (Å²) in [5, 5.41) is 0. The predicted octanol–water partition coefficient (Wildman–Crippen LogP) is 3.68. The molecule has 1 aliphatic heterocycles. The van der Waals surface area contributed by atoms with Crippen molar-refractivity contribution in [2.75, 3.05) is 13.7 Å². The standard InChI is InChI=1S/C27H24FN5O4/c1-4-5-17-10-19(12-29-11-17)22-23-25(31-14-30-22)33(15-32-23)26-24(35-3)21(28)20(37-26)13-36-27(34)18-8-6-16(2)7-9-18/h6-12,14-15,20-21,24,26H,13H2,1-3H3/t20-,21-,24-,26-/m1/s1. The van der Waals surface area contributed by atoms with Crippen LogP contribution in [0.5, 0.6) is 0 Å². The third-order valence-corrected chi connectivity index (χ3v) is 6.12. The zero-order valence-electron chi connectivity index (χ0n) is 20.5. The van der Waals surface area contributed by atoms with Crippen LogP contribution >= 0.6 is 0 Å². The molecule has 0 radical (unpaired) electrons. The summed E-state index contributed by atoms with van der Waals surface area (Å²) >= 11 is 0. The van der Waals surface area contributed by atoms with Crippen LogP contribution in [0.3, 0.4) is 0 Å². The van der Waals surface area contributed by atoms with Gasteiger partial charge in [0.05, 0.1) is 11.9 Å². The van der Waals surface area contributed by atoms with Crippen molar-refractivity contribution < 1.29 is 23.4 Å². The van der Waals surface area contributed by atoms with Crippen LogP contribution in [0.15, 0.2) is 55.4 Å². The first-order chi connectivity index (χ1) is 18.0. The molecule has 0 spiro atoms. The van der Waals surface area contributed by atoms with E-state index in [1.54, 1.807) is 48.1 Å². The minimum absolute atomic E-state index is 0.270. The van der Waals surface area contributed by atoms with Gasteiger partial charge in [0.15, 0.2) is 18.0 Å². The fourth-order valence-electron chi connectivity index (χ4n) is 4.26. The first-order valence-electron chi connectivity index (χ1n) is 11.6. The SMILES string of the molecule is CC#Cc1cncc(-c2ncnc3c2ncn3[C@@H]2O[C@H](COC(=O)c3ccc(C)cc3)[C@@H](F)[C@H]2OC)c1. The number of hydrogen-bond donors (Lipinski definition) is 0. The summed E-state index contributed by atoms with van der Waals surface area (Å²) in [4.78, 5) is 29.9. The maximum absolute atomic E-state index is 15.3. The molecule has 0 aliphatic carbocycles. The number of ether oxygens (including phenoxy) is 3. The van der Waals surface area contributed by atoms with Gasteiger partial charge in [-0.15, -0.1) is 5.92 Å². The largest absolute Gasteiger partial charge is 0.459 e. The number of alkyl halides is 1. The van der Waals surface area contributed by atoms with Crippen molar-refractivity contribution >= 4 is 17.1 Å². The van der Waals surface area contributed by atoms with Crippen molar-refractivity contribution in [1.29, 1.82) is 0 Å². The lowest BCUT2D eigenvalue weighted by Crippen LogP contribution is -2.32. The van der Waals surface area contributed by atoms with Gasteiger partial charge in [0, 0.05) is 30.6 Å². The number of fused-ring (bicyclic) bond motifs is 1. The summed E-state index contributed by atoms with van der Waals surface area (Å²) in [7, 11) is 1.40. The third-order valence-electron chi connectivity index (χ3n) is 6.12. The summed E-state index contributed by atoms with van der Waals surface area (Å²) in [5.41, 5.74) is 4.35. The van der Waals surface area contributed by atoms with Crippen LogP contribution in [0.25, 0.3) is 22.4 Å². The second kappa shape index (κ2) is 10.4. The number of imidazole rings is 1. The third kappa shape index (κ3) is 4.79. The van der Waals surface area contributed by atoms with Crippen molar-refractivity contribution in [2.24, 2.45) is 0 Å². The summed E-state index contributed by atoms with van der Waals surface area (Å²) in [6.07, 6.45) is 1.82. The van der Waals surface area contributed by atoms with E-state index in [0.29, 0.717) is 22.4 Å². The normalized spacial score (nSPS) is 21.0. The number of aryl methyl sites for hydroxylation is 1. The molecule has 0 saturated carbocycles. The van der Waals surface area contributed by atoms with Gasteiger partial charge in [0.25, 0.3) is 0 Å². The lowest BCUT2D eigenvalue weighted by atomic mass is 10.1. The molecule has 3 aromatic heterocycles. The molecular formula is C27H24FN5O4. The van der Waals surface area contributed by atoms with E-state index >= 15 is 4.39 Å². The van der Waals surface area contributed by atoms with Crippen LogP contribution in [0.4, 0.5) is 4.39 Å². The molecule has 0 amide bonds. The molecule has 1 saturated heterocycles. The second-order valence-corrected chi connectivity index (χ2v) is 8.56. The van der Waals surface area contributed by atoms with Gasteiger partial charge in [-0.2, -0.15) is 0 Å². The fraction of sp³-hybridized carbons (Fsp3) is 0.296. The Labute approximate surface area is 212 Å². The van der Waals surface area contributed by atoms with Crippen LogP contribution < -0.4 is 0 Å². The van der Waals surface area contributed by atoms with Crippen molar-refractivity contribution in [1.82, 2.24) is 24.5 Å². The van der Waals surface area contributed by atoms with E-state index < -0.39 is 30.6 Å². The smallest absolute Gasteiger partial charge is 0.338 e. The number of pyridine rings is 1. The predicted molar refractivity (Wildman–Crippen MR) is 132 cm³/mol. The number of nitrogens with zero attached hydrogens (tertiary/aromatic N) is 5. The van der Waals surface area contributed by atoms with Crippen LogP contribution in [0.2, 0.25) is 0 Å². The van der Waals surface area contributed by atoms with E-state index in [9.17, 15) is 4.79 Å². The lowest BCUT2D eigenvalue weighted by molar-refractivity contribution is -0.0616. The minimum Gasteiger partial charge on any atom is -0.459 e. The average Bonchev–Trinajstić information content (AvgIpc) is 3.48. The topological polar surface area (TPSA) is 101 Å². The van der Waals surface area contributed by atoms with Gasteiger partial charge in [-0.05, 0) is 32.0 Å². The Morgan fingerprint density at radius 3 is 2.76 bits per heavy atom. The Balaban J connectivity index is 1.39. The van der Waals surface area contributed by atoms with Crippen molar-refractivity contribution in [3.05, 3.63) is 72.1 Å². The Hall–Kier alpha value is -4.20. The molecule has 0 bridgehead atoms. The minimum atomic E-state index is -1.55. The average molecular weight is 502 g/mol. The Kier molecular flexibility index (Phi) is 6.90. The first kappa shape index (κ1) is 24.5. The number of methoxy groups -OCH3 is 1. The molecule has 188 valence electrons. The highest BCUT2D eigenvalue weighted by Gasteiger charge is 2.47. The number of rotatable bonds is 6. The van der Waals surface area contributed by atoms with Gasteiger partial charge < -0.3 is 14.2 Å². The van der Waals surface area contributed by atoms with Gasteiger partial charge in [-0.25, -0.2) is 24.1 Å². The highest BCUT2D eigenvalue weighted by molar-refractivity contribution is 5.89. The molecular weight excluding hydrogens is 477 g/mol. The van der Waals surface area contributed by atoms with Crippen LogP contribution in [0.1, 0.15) is 34.6 Å². The zero-order valence-corrected chi connectivity index (χ0v) is 20.5. The Bertz CT molecular complexity index is 1490. The monoisotopic (exact) mass is 501 g/mol. The quantitative estimate of drug-likeness (QED) is 0.291. The summed E-state index contributed by atoms with van der Waals surface area (Å²) in [6, 6.07) is 8.80. The fourth-order valence-corrected chi connectivity index (χ4v) is 4.26. The highest BCUT2D eigenvalue weighted by Crippen LogP contribution is 2.36. The lowest BCUT2D eigenvalue weighted by Gasteiger charge is -2.19. The molecule has 4 aromatic rings. The summed E-state index contributed by atoms with van der Waals surface area (Å²) < 4.78 is 33.7.